The molecule has 7 rings (SSSR count). The minimum absolute atomic E-state index is 0.176. The molecule has 1 saturated heterocycles. The minimum atomic E-state index is -0.353. The van der Waals surface area contributed by atoms with Crippen LogP contribution in [0, 0.1) is 34.5 Å². The molecule has 1 aliphatic carbocycles. The Bertz CT molecular complexity index is 1940. The molecule has 2 aliphatic rings. The summed E-state index contributed by atoms with van der Waals surface area (Å²) < 4.78 is 3.50. The summed E-state index contributed by atoms with van der Waals surface area (Å²) in [5, 5.41) is 31.0. The smallest absolute Gasteiger partial charge is 0.271 e. The lowest BCUT2D eigenvalue weighted by molar-refractivity contribution is 0.0899. The first-order valence-corrected chi connectivity index (χ1v) is 14.1. The lowest BCUT2D eigenvalue weighted by atomic mass is 9.97. The summed E-state index contributed by atoms with van der Waals surface area (Å²) in [6.07, 6.45) is 12.4. The first-order valence-electron chi connectivity index (χ1n) is 14.1. The Kier molecular flexibility index (Phi) is 6.17. The molecular weight excluding hydrogens is 540 g/mol. The lowest BCUT2D eigenvalue weighted by Crippen LogP contribution is -2.45. The van der Waals surface area contributed by atoms with Crippen molar-refractivity contribution in [3.8, 4) is 34.4 Å². The highest BCUT2D eigenvalue weighted by atomic mass is 16.2. The number of carbonyl (C=O) groups excluding carboxylic acids is 1. The number of nitrogens with zero attached hydrogens (tertiary/aromatic N) is 9. The van der Waals surface area contributed by atoms with Gasteiger partial charge in [0.05, 0.1) is 29.0 Å². The van der Waals surface area contributed by atoms with Crippen molar-refractivity contribution in [2.24, 2.45) is 18.9 Å². The molecule has 1 aliphatic heterocycles. The van der Waals surface area contributed by atoms with Gasteiger partial charge in [0.15, 0.2) is 0 Å². The SMILES string of the molecule is Cn1cc(-c2cc(-c3ccc(N4C[C@@H]5C[C@@](C)(NC(=O)c6ncccc6C#N)C[C@@H]5C4)nc3)c3c(C#N)cnn3c2)cn1. The van der Waals surface area contributed by atoms with Crippen LogP contribution in [0.4, 0.5) is 5.82 Å². The molecule has 0 aromatic carbocycles. The highest BCUT2D eigenvalue weighted by molar-refractivity contribution is 5.95. The molecule has 6 heterocycles. The van der Waals surface area contributed by atoms with Crippen LogP contribution in [0.3, 0.4) is 0 Å². The van der Waals surface area contributed by atoms with E-state index < -0.39 is 0 Å². The Labute approximate surface area is 248 Å². The van der Waals surface area contributed by atoms with Crippen molar-refractivity contribution in [3.63, 3.8) is 0 Å². The standard InChI is InChI=1S/C32H28N10O/c1-32(39-31(43)29-20(11-33)4-3-7-35-29)9-23-17-41(18-24(23)10-32)28-6-5-21(13-36-28)27-8-22(26-15-37-40(2)16-26)19-42-30(27)25(12-34)14-38-42/h3-8,13-16,19,23-24H,9-10,17-18H2,1-2H3,(H,39,43)/t23-,24+,32+. The zero-order valence-electron chi connectivity index (χ0n) is 23.8. The lowest BCUT2D eigenvalue weighted by Gasteiger charge is -2.28. The predicted octanol–water partition coefficient (Wildman–Crippen LogP) is 3.97. The van der Waals surface area contributed by atoms with E-state index in [1.807, 2.05) is 37.9 Å². The number of pyridine rings is 3. The van der Waals surface area contributed by atoms with Gasteiger partial charge in [-0.15, -0.1) is 0 Å². The highest BCUT2D eigenvalue weighted by Crippen LogP contribution is 2.45. The van der Waals surface area contributed by atoms with Gasteiger partial charge in [-0.25, -0.2) is 14.5 Å². The third kappa shape index (κ3) is 4.65. The van der Waals surface area contributed by atoms with E-state index >= 15 is 0 Å². The normalized spacial score (nSPS) is 21.0. The maximum absolute atomic E-state index is 13.0. The molecule has 5 aromatic rings. The van der Waals surface area contributed by atoms with E-state index in [-0.39, 0.29) is 22.7 Å². The summed E-state index contributed by atoms with van der Waals surface area (Å²) in [6, 6.07) is 13.7. The van der Waals surface area contributed by atoms with Gasteiger partial charge in [0, 0.05) is 72.7 Å². The van der Waals surface area contributed by atoms with Crippen LogP contribution in [0.15, 0.2) is 67.5 Å². The van der Waals surface area contributed by atoms with Gasteiger partial charge in [0.2, 0.25) is 0 Å². The second-order valence-electron chi connectivity index (χ2n) is 11.8. The molecule has 0 unspecified atom stereocenters. The number of aryl methyl sites for hydroxylation is 1. The predicted molar refractivity (Wildman–Crippen MR) is 159 cm³/mol. The van der Waals surface area contributed by atoms with Gasteiger partial charge in [0.25, 0.3) is 5.91 Å². The van der Waals surface area contributed by atoms with Crippen molar-refractivity contribution in [1.29, 1.82) is 10.5 Å². The zero-order chi connectivity index (χ0) is 29.7. The average molecular weight is 569 g/mol. The molecule has 11 heteroatoms. The molecule has 5 aromatic heterocycles. The fourth-order valence-corrected chi connectivity index (χ4v) is 6.82. The van der Waals surface area contributed by atoms with E-state index in [0.717, 1.165) is 59.5 Å². The Morgan fingerprint density at radius 1 is 0.953 bits per heavy atom. The number of nitrogens with one attached hydrogen (secondary N) is 1. The number of aromatic nitrogens is 6. The summed E-state index contributed by atoms with van der Waals surface area (Å²) in [5.74, 6) is 1.45. The van der Waals surface area contributed by atoms with Gasteiger partial charge in [-0.3, -0.25) is 9.48 Å². The second kappa shape index (κ2) is 10.1. The van der Waals surface area contributed by atoms with Crippen molar-refractivity contribution in [2.45, 2.75) is 25.3 Å². The van der Waals surface area contributed by atoms with Gasteiger partial charge < -0.3 is 10.2 Å². The summed E-state index contributed by atoms with van der Waals surface area (Å²) in [5.41, 5.74) is 5.04. The minimum Gasteiger partial charge on any atom is -0.356 e. The number of fused-ring (bicyclic) bond motifs is 2. The largest absolute Gasteiger partial charge is 0.356 e. The van der Waals surface area contributed by atoms with Gasteiger partial charge in [-0.05, 0) is 61.9 Å². The average Bonchev–Trinajstić information content (AvgIpc) is 3.79. The highest BCUT2D eigenvalue weighted by Gasteiger charge is 2.47. The van der Waals surface area contributed by atoms with E-state index in [1.54, 1.807) is 27.5 Å². The number of amides is 1. The number of nitriles is 2. The molecule has 3 atom stereocenters. The van der Waals surface area contributed by atoms with Crippen LogP contribution in [0.5, 0.6) is 0 Å². The topological polar surface area (TPSA) is 141 Å². The van der Waals surface area contributed by atoms with Gasteiger partial charge in [-0.2, -0.15) is 20.7 Å². The number of hydrogen-bond acceptors (Lipinski definition) is 8. The Balaban J connectivity index is 1.09. The van der Waals surface area contributed by atoms with Crippen LogP contribution in [0.1, 0.15) is 41.4 Å². The first kappa shape index (κ1) is 26.4. The summed E-state index contributed by atoms with van der Waals surface area (Å²) in [4.78, 5) is 24.3. The Morgan fingerprint density at radius 2 is 1.74 bits per heavy atom. The molecule has 0 bridgehead atoms. The van der Waals surface area contributed by atoms with Gasteiger partial charge in [0.1, 0.15) is 23.7 Å². The quantitative estimate of drug-likeness (QED) is 0.336. The van der Waals surface area contributed by atoms with Crippen LogP contribution < -0.4 is 10.2 Å². The monoisotopic (exact) mass is 568 g/mol. The third-order valence-electron chi connectivity index (χ3n) is 8.71. The van der Waals surface area contributed by atoms with Crippen LogP contribution in [-0.2, 0) is 7.05 Å². The zero-order valence-corrected chi connectivity index (χ0v) is 23.8. The fraction of sp³-hybridized carbons (Fsp3) is 0.281. The van der Waals surface area contributed by atoms with Crippen molar-refractivity contribution in [1.82, 2.24) is 34.7 Å². The van der Waals surface area contributed by atoms with Crippen molar-refractivity contribution < 1.29 is 4.79 Å². The van der Waals surface area contributed by atoms with Crippen LogP contribution >= 0.6 is 0 Å². The number of hydrogen-bond donors (Lipinski definition) is 1. The third-order valence-corrected chi connectivity index (χ3v) is 8.71. The molecule has 1 amide bonds. The first-order chi connectivity index (χ1) is 20.8. The number of carbonyl (C=O) groups is 1. The Hall–Kier alpha value is -5.55. The van der Waals surface area contributed by atoms with Gasteiger partial charge in [-0.1, -0.05) is 0 Å². The van der Waals surface area contributed by atoms with Crippen molar-refractivity contribution in [2.75, 3.05) is 18.0 Å². The molecule has 1 saturated carbocycles. The maximum Gasteiger partial charge on any atom is 0.271 e. The number of rotatable bonds is 5. The molecular formula is C32H28N10O. The molecule has 1 N–H and O–H groups in total. The van der Waals surface area contributed by atoms with E-state index in [4.69, 9.17) is 4.98 Å². The van der Waals surface area contributed by atoms with E-state index in [1.165, 1.54) is 6.20 Å². The molecule has 0 spiro atoms. The molecule has 212 valence electrons. The Morgan fingerprint density at radius 3 is 2.42 bits per heavy atom. The molecule has 43 heavy (non-hydrogen) atoms. The second-order valence-corrected chi connectivity index (χ2v) is 11.8. The van der Waals surface area contributed by atoms with Gasteiger partial charge >= 0.3 is 0 Å². The summed E-state index contributed by atoms with van der Waals surface area (Å²) in [6.45, 7) is 3.80. The molecule has 11 nitrogen and oxygen atoms in total. The van der Waals surface area contributed by atoms with Crippen LogP contribution in [-0.4, -0.2) is 53.9 Å². The van der Waals surface area contributed by atoms with Crippen molar-refractivity contribution in [3.05, 3.63) is 84.3 Å². The van der Waals surface area contributed by atoms with E-state index in [0.29, 0.717) is 17.4 Å². The maximum atomic E-state index is 13.0. The van der Waals surface area contributed by atoms with E-state index in [2.05, 4.69) is 56.6 Å². The van der Waals surface area contributed by atoms with Crippen LogP contribution in [0.2, 0.25) is 0 Å². The van der Waals surface area contributed by atoms with E-state index in [9.17, 15) is 15.3 Å². The van der Waals surface area contributed by atoms with Crippen LogP contribution in [0.25, 0.3) is 27.8 Å². The number of anilines is 1. The van der Waals surface area contributed by atoms with Crippen molar-refractivity contribution >= 4 is 17.2 Å². The molecule has 2 fully saturated rings. The summed E-state index contributed by atoms with van der Waals surface area (Å²) >= 11 is 0. The fourth-order valence-electron chi connectivity index (χ4n) is 6.82. The molecule has 0 radical (unpaired) electrons. The summed E-state index contributed by atoms with van der Waals surface area (Å²) in [7, 11) is 1.88.